The van der Waals surface area contributed by atoms with Crippen LogP contribution in [0.5, 0.6) is 0 Å². The average Bonchev–Trinajstić information content (AvgIpc) is 3.23. The molecule has 0 fully saturated rings. The lowest BCUT2D eigenvalue weighted by molar-refractivity contribution is -0.142. The van der Waals surface area contributed by atoms with E-state index in [4.69, 9.17) is 15.0 Å². The molecule has 0 aliphatic heterocycles. The molecule has 0 saturated heterocycles. The molecule has 0 saturated carbocycles. The highest BCUT2D eigenvalue weighted by atomic mass is 16.5. The largest absolute Gasteiger partial charge is 0.466 e. The molecular formula is C28H27N5O3. The van der Waals surface area contributed by atoms with Crippen LogP contribution in [-0.4, -0.2) is 39.6 Å². The number of carbonyl (C=O) groups is 2. The van der Waals surface area contributed by atoms with E-state index in [0.29, 0.717) is 41.0 Å². The number of benzene rings is 2. The monoisotopic (exact) mass is 481 g/mol. The van der Waals surface area contributed by atoms with E-state index in [9.17, 15) is 9.59 Å². The number of carbonyl (C=O) groups excluding carboxylic acids is 2. The van der Waals surface area contributed by atoms with Gasteiger partial charge >= 0.3 is 5.97 Å². The number of esters is 1. The van der Waals surface area contributed by atoms with Crippen molar-refractivity contribution in [3.63, 3.8) is 0 Å². The molecule has 0 aliphatic carbocycles. The summed E-state index contributed by atoms with van der Waals surface area (Å²) in [6, 6.07) is 20.6. The predicted molar refractivity (Wildman–Crippen MR) is 136 cm³/mol. The zero-order valence-corrected chi connectivity index (χ0v) is 20.3. The molecule has 4 aromatic rings. The lowest BCUT2D eigenvalue weighted by atomic mass is 10.1. The number of anilines is 1. The van der Waals surface area contributed by atoms with E-state index in [1.54, 1.807) is 24.1 Å². The van der Waals surface area contributed by atoms with E-state index in [1.165, 1.54) is 0 Å². The van der Waals surface area contributed by atoms with Gasteiger partial charge in [0, 0.05) is 31.9 Å². The van der Waals surface area contributed by atoms with Crippen LogP contribution in [0.25, 0.3) is 11.2 Å². The van der Waals surface area contributed by atoms with Crippen molar-refractivity contribution in [2.24, 2.45) is 7.05 Å². The molecule has 0 aliphatic rings. The van der Waals surface area contributed by atoms with E-state index in [-0.39, 0.29) is 24.8 Å². The molecule has 182 valence electrons. The Balaban J connectivity index is 1.55. The molecule has 2 aromatic carbocycles. The van der Waals surface area contributed by atoms with Gasteiger partial charge in [0.25, 0.3) is 5.91 Å². The maximum atomic E-state index is 13.5. The van der Waals surface area contributed by atoms with Crippen molar-refractivity contribution in [2.75, 3.05) is 18.1 Å². The summed E-state index contributed by atoms with van der Waals surface area (Å²) >= 11 is 0. The zero-order chi connectivity index (χ0) is 25.5. The van der Waals surface area contributed by atoms with Crippen molar-refractivity contribution in [1.29, 1.82) is 5.26 Å². The van der Waals surface area contributed by atoms with Gasteiger partial charge in [-0.2, -0.15) is 5.26 Å². The number of fused-ring (bicyclic) bond motifs is 1. The second kappa shape index (κ2) is 11.3. The fraction of sp³-hybridized carbons (Fsp3) is 0.250. The molecule has 8 nitrogen and oxygen atoms in total. The van der Waals surface area contributed by atoms with E-state index in [1.807, 2.05) is 66.2 Å². The number of imidazole rings is 1. The first-order valence-corrected chi connectivity index (χ1v) is 11.8. The summed E-state index contributed by atoms with van der Waals surface area (Å²) in [6.45, 7) is 2.24. The van der Waals surface area contributed by atoms with Crippen molar-refractivity contribution >= 4 is 28.7 Å². The molecule has 8 heteroatoms. The number of amides is 1. The van der Waals surface area contributed by atoms with Gasteiger partial charge in [0.15, 0.2) is 5.65 Å². The highest BCUT2D eigenvalue weighted by Crippen LogP contribution is 2.21. The number of aromatic nitrogens is 3. The molecule has 0 N–H and O–H groups in total. The summed E-state index contributed by atoms with van der Waals surface area (Å²) in [4.78, 5) is 36.3. The maximum Gasteiger partial charge on any atom is 0.307 e. The normalized spacial score (nSPS) is 10.7. The third-order valence-corrected chi connectivity index (χ3v) is 5.93. The highest BCUT2D eigenvalue weighted by molar-refractivity contribution is 6.07. The number of para-hydroxylation sites is 1. The van der Waals surface area contributed by atoms with Crippen LogP contribution in [0.3, 0.4) is 0 Å². The van der Waals surface area contributed by atoms with Gasteiger partial charge in [-0.15, -0.1) is 0 Å². The molecule has 36 heavy (non-hydrogen) atoms. The highest BCUT2D eigenvalue weighted by Gasteiger charge is 2.21. The minimum atomic E-state index is -0.351. The fourth-order valence-electron chi connectivity index (χ4n) is 4.01. The number of rotatable bonds is 9. The number of nitrogens with zero attached hydrogens (tertiary/aromatic N) is 5. The second-order valence-electron chi connectivity index (χ2n) is 8.31. The molecule has 0 atom stereocenters. The number of pyridine rings is 1. The van der Waals surface area contributed by atoms with Crippen molar-refractivity contribution in [3.05, 3.63) is 89.4 Å². The Morgan fingerprint density at radius 1 is 1.08 bits per heavy atom. The molecule has 2 heterocycles. The van der Waals surface area contributed by atoms with E-state index in [0.717, 1.165) is 17.8 Å². The van der Waals surface area contributed by atoms with Gasteiger partial charge < -0.3 is 14.2 Å². The Morgan fingerprint density at radius 2 is 1.83 bits per heavy atom. The molecule has 4 rings (SSSR count). The molecule has 1 amide bonds. The van der Waals surface area contributed by atoms with Crippen molar-refractivity contribution in [3.8, 4) is 6.07 Å². The second-order valence-corrected chi connectivity index (χ2v) is 8.31. The first-order chi connectivity index (χ1) is 17.5. The van der Waals surface area contributed by atoms with Crippen LogP contribution in [0, 0.1) is 11.3 Å². The summed E-state index contributed by atoms with van der Waals surface area (Å²) in [5.41, 5.74) is 4.17. The Hall–Kier alpha value is -4.51. The fourth-order valence-corrected chi connectivity index (χ4v) is 4.01. The summed E-state index contributed by atoms with van der Waals surface area (Å²) in [5, 5.41) is 8.97. The van der Waals surface area contributed by atoms with Gasteiger partial charge in [0.05, 0.1) is 30.2 Å². The number of hydrogen-bond donors (Lipinski definition) is 0. The SMILES string of the molecule is CCOC(=O)CCN(C(=O)c1cnc2c(c1)nc(CCc1ccc(C#N)cc1)n2C)c1ccccc1. The summed E-state index contributed by atoms with van der Waals surface area (Å²) in [7, 11) is 1.91. The zero-order valence-electron chi connectivity index (χ0n) is 20.3. The lowest BCUT2D eigenvalue weighted by Crippen LogP contribution is -2.33. The minimum absolute atomic E-state index is 0.0905. The third kappa shape index (κ3) is 5.58. The van der Waals surface area contributed by atoms with Crippen LogP contribution < -0.4 is 4.90 Å². The number of aryl methyl sites for hydroxylation is 3. The Bertz CT molecular complexity index is 1410. The van der Waals surface area contributed by atoms with Crippen molar-refractivity contribution in [1.82, 2.24) is 14.5 Å². The summed E-state index contributed by atoms with van der Waals surface area (Å²) in [5.74, 6) is 0.245. The van der Waals surface area contributed by atoms with Crippen LogP contribution in [-0.2, 0) is 29.4 Å². The van der Waals surface area contributed by atoms with Crippen LogP contribution in [0.4, 0.5) is 5.69 Å². The molecule has 0 bridgehead atoms. The van der Waals surface area contributed by atoms with Crippen LogP contribution in [0.1, 0.15) is 40.7 Å². The summed E-state index contributed by atoms with van der Waals surface area (Å²) in [6.07, 6.45) is 3.10. The topological polar surface area (TPSA) is 101 Å². The van der Waals surface area contributed by atoms with Gasteiger partial charge in [-0.1, -0.05) is 30.3 Å². The molecule has 2 aromatic heterocycles. The minimum Gasteiger partial charge on any atom is -0.466 e. The summed E-state index contributed by atoms with van der Waals surface area (Å²) < 4.78 is 6.97. The van der Waals surface area contributed by atoms with Gasteiger partial charge in [0.1, 0.15) is 11.3 Å². The quantitative estimate of drug-likeness (QED) is 0.332. The first-order valence-electron chi connectivity index (χ1n) is 11.8. The number of nitriles is 1. The molecule has 0 unspecified atom stereocenters. The van der Waals surface area contributed by atoms with Crippen LogP contribution in [0.15, 0.2) is 66.9 Å². The Kier molecular flexibility index (Phi) is 7.71. The first kappa shape index (κ1) is 24.6. The maximum absolute atomic E-state index is 13.5. The van der Waals surface area contributed by atoms with Gasteiger partial charge in [-0.25, -0.2) is 9.97 Å². The van der Waals surface area contributed by atoms with E-state index in [2.05, 4.69) is 11.1 Å². The van der Waals surface area contributed by atoms with Crippen LogP contribution >= 0.6 is 0 Å². The number of hydrogen-bond acceptors (Lipinski definition) is 6. The Labute approximate surface area is 209 Å². The average molecular weight is 482 g/mol. The lowest BCUT2D eigenvalue weighted by Gasteiger charge is -2.22. The van der Waals surface area contributed by atoms with Crippen molar-refractivity contribution in [2.45, 2.75) is 26.2 Å². The van der Waals surface area contributed by atoms with Crippen LogP contribution in [0.2, 0.25) is 0 Å². The molecule has 0 spiro atoms. The van der Waals surface area contributed by atoms with E-state index >= 15 is 0 Å². The van der Waals surface area contributed by atoms with Gasteiger partial charge in [-0.05, 0) is 49.2 Å². The number of ether oxygens (including phenoxy) is 1. The molecule has 0 radical (unpaired) electrons. The smallest absolute Gasteiger partial charge is 0.307 e. The van der Waals surface area contributed by atoms with E-state index < -0.39 is 0 Å². The standard InChI is InChI=1S/C28H27N5O3/c1-3-36-26(34)15-16-33(23-7-5-4-6-8-23)28(35)22-17-24-27(30-19-22)32(2)25(31-24)14-13-20-9-11-21(18-29)12-10-20/h4-12,17,19H,3,13-16H2,1-2H3. The van der Waals surface area contributed by atoms with Gasteiger partial charge in [0.2, 0.25) is 0 Å². The third-order valence-electron chi connectivity index (χ3n) is 5.93. The molecular weight excluding hydrogens is 454 g/mol. The Morgan fingerprint density at radius 3 is 2.53 bits per heavy atom. The predicted octanol–water partition coefficient (Wildman–Crippen LogP) is 4.23. The van der Waals surface area contributed by atoms with Crippen molar-refractivity contribution < 1.29 is 14.3 Å². The van der Waals surface area contributed by atoms with Gasteiger partial charge in [-0.3, -0.25) is 9.59 Å².